The zero-order chi connectivity index (χ0) is 10.3. The lowest BCUT2D eigenvalue weighted by Gasteiger charge is -2.17. The quantitative estimate of drug-likeness (QED) is 0.681. The van der Waals surface area contributed by atoms with E-state index in [0.29, 0.717) is 6.42 Å². The Kier molecular flexibility index (Phi) is 6.07. The summed E-state index contributed by atoms with van der Waals surface area (Å²) in [7, 11) is 0. The zero-order valence-electron chi connectivity index (χ0n) is 7.82. The molecule has 0 radical (unpaired) electrons. The molecule has 0 aliphatic rings. The Balaban J connectivity index is 3.59. The van der Waals surface area contributed by atoms with Gasteiger partial charge in [-0.2, -0.15) is 13.2 Å². The van der Waals surface area contributed by atoms with E-state index in [1.54, 1.807) is 0 Å². The molecule has 0 saturated carbocycles. The summed E-state index contributed by atoms with van der Waals surface area (Å²) in [5, 5.41) is 2.39. The van der Waals surface area contributed by atoms with Gasteiger partial charge in [0.15, 0.2) is 0 Å². The second-order valence-electron chi connectivity index (χ2n) is 3.07. The number of rotatable bonds is 6. The smallest absolute Gasteiger partial charge is 0.329 e. The molecule has 0 saturated heterocycles. The van der Waals surface area contributed by atoms with Crippen molar-refractivity contribution in [1.82, 2.24) is 5.32 Å². The first-order chi connectivity index (χ1) is 5.99. The van der Waals surface area contributed by atoms with Crippen LogP contribution in [0.5, 0.6) is 0 Å². The topological polar surface area (TPSA) is 38.0 Å². The first-order valence-corrected chi connectivity index (χ1v) is 4.49. The Hall–Kier alpha value is -0.290. The molecule has 13 heavy (non-hydrogen) atoms. The highest BCUT2D eigenvalue weighted by molar-refractivity contribution is 4.69. The molecule has 0 amide bonds. The number of halogens is 3. The lowest BCUT2D eigenvalue weighted by molar-refractivity contribution is -0.126. The Morgan fingerprint density at radius 3 is 2.38 bits per heavy atom. The van der Waals surface area contributed by atoms with E-state index in [1.807, 2.05) is 6.92 Å². The number of unbranched alkanes of at least 4 members (excludes halogenated alkanes) is 1. The molecule has 0 bridgehead atoms. The molecule has 0 heterocycles. The van der Waals surface area contributed by atoms with Crippen molar-refractivity contribution in [2.24, 2.45) is 5.73 Å². The van der Waals surface area contributed by atoms with Crippen molar-refractivity contribution >= 4 is 0 Å². The standard InChI is InChI=1S/C8H17F3N2/c1-2-3-4-7(5-12)13-6-8(9,10)11/h7,13H,2-6,12H2,1H3. The second kappa shape index (κ2) is 6.21. The van der Waals surface area contributed by atoms with E-state index in [1.165, 1.54) is 0 Å². The maximum atomic E-state index is 11.8. The molecule has 0 rings (SSSR count). The van der Waals surface area contributed by atoms with Gasteiger partial charge < -0.3 is 11.1 Å². The normalized spacial score (nSPS) is 14.5. The molecule has 80 valence electrons. The van der Waals surface area contributed by atoms with Crippen LogP contribution in [-0.2, 0) is 0 Å². The summed E-state index contributed by atoms with van der Waals surface area (Å²) >= 11 is 0. The van der Waals surface area contributed by atoms with Crippen LogP contribution in [0.3, 0.4) is 0 Å². The van der Waals surface area contributed by atoms with Crippen LogP contribution in [0.4, 0.5) is 13.2 Å². The fourth-order valence-corrected chi connectivity index (χ4v) is 1.01. The minimum atomic E-state index is -4.14. The van der Waals surface area contributed by atoms with Gasteiger partial charge in [-0.3, -0.25) is 0 Å². The molecule has 0 fully saturated rings. The van der Waals surface area contributed by atoms with Crippen molar-refractivity contribution in [2.45, 2.75) is 38.4 Å². The van der Waals surface area contributed by atoms with E-state index in [4.69, 9.17) is 5.73 Å². The Morgan fingerprint density at radius 2 is 2.00 bits per heavy atom. The summed E-state index contributed by atoms with van der Waals surface area (Å²) in [4.78, 5) is 0. The van der Waals surface area contributed by atoms with Gasteiger partial charge in [-0.15, -0.1) is 0 Å². The molecule has 0 aliphatic heterocycles. The third-order valence-electron chi connectivity index (χ3n) is 1.78. The van der Waals surface area contributed by atoms with E-state index in [2.05, 4.69) is 5.32 Å². The van der Waals surface area contributed by atoms with Crippen molar-refractivity contribution in [3.8, 4) is 0 Å². The fourth-order valence-electron chi connectivity index (χ4n) is 1.01. The molecule has 3 N–H and O–H groups in total. The number of nitrogens with two attached hydrogens (primary N) is 1. The van der Waals surface area contributed by atoms with Gasteiger partial charge in [-0.05, 0) is 6.42 Å². The number of nitrogens with one attached hydrogen (secondary N) is 1. The Labute approximate surface area is 76.7 Å². The van der Waals surface area contributed by atoms with Gasteiger partial charge in [0.25, 0.3) is 0 Å². The molecule has 2 nitrogen and oxygen atoms in total. The van der Waals surface area contributed by atoms with E-state index >= 15 is 0 Å². The van der Waals surface area contributed by atoms with Gasteiger partial charge >= 0.3 is 6.18 Å². The average Bonchev–Trinajstić information content (AvgIpc) is 2.03. The summed E-state index contributed by atoms with van der Waals surface area (Å²) < 4.78 is 35.3. The van der Waals surface area contributed by atoms with Gasteiger partial charge in [-0.1, -0.05) is 19.8 Å². The van der Waals surface area contributed by atoms with Crippen LogP contribution in [0.25, 0.3) is 0 Å². The van der Waals surface area contributed by atoms with Crippen molar-refractivity contribution < 1.29 is 13.2 Å². The molecule has 0 aromatic heterocycles. The molecule has 1 unspecified atom stereocenters. The van der Waals surface area contributed by atoms with Crippen molar-refractivity contribution in [3.05, 3.63) is 0 Å². The number of hydrogen-bond donors (Lipinski definition) is 2. The van der Waals surface area contributed by atoms with Crippen LogP contribution in [0, 0.1) is 0 Å². The lowest BCUT2D eigenvalue weighted by atomic mass is 10.1. The molecule has 0 spiro atoms. The van der Waals surface area contributed by atoms with Crippen LogP contribution in [-0.4, -0.2) is 25.3 Å². The minimum Gasteiger partial charge on any atom is -0.329 e. The number of hydrogen-bond acceptors (Lipinski definition) is 2. The van der Waals surface area contributed by atoms with Gasteiger partial charge in [0.1, 0.15) is 0 Å². The highest BCUT2D eigenvalue weighted by Crippen LogP contribution is 2.13. The van der Waals surface area contributed by atoms with Gasteiger partial charge in [-0.25, -0.2) is 0 Å². The molecule has 1 atom stereocenters. The van der Waals surface area contributed by atoms with Crippen molar-refractivity contribution in [1.29, 1.82) is 0 Å². The van der Waals surface area contributed by atoms with Gasteiger partial charge in [0, 0.05) is 12.6 Å². The predicted octanol–water partition coefficient (Wildman–Crippen LogP) is 1.66. The summed E-state index contributed by atoms with van der Waals surface area (Å²) in [6.45, 7) is 1.31. The summed E-state index contributed by atoms with van der Waals surface area (Å²) in [5.74, 6) is 0. The highest BCUT2D eigenvalue weighted by atomic mass is 19.4. The van der Waals surface area contributed by atoms with Crippen molar-refractivity contribution in [2.75, 3.05) is 13.1 Å². The third kappa shape index (κ3) is 8.05. The second-order valence-corrected chi connectivity index (χ2v) is 3.07. The lowest BCUT2D eigenvalue weighted by Crippen LogP contribution is -2.41. The van der Waals surface area contributed by atoms with Crippen molar-refractivity contribution in [3.63, 3.8) is 0 Å². The molecule has 0 aromatic rings. The summed E-state index contributed by atoms with van der Waals surface area (Å²) in [6, 6.07) is -0.207. The zero-order valence-corrected chi connectivity index (χ0v) is 7.82. The predicted molar refractivity (Wildman–Crippen MR) is 46.4 cm³/mol. The summed E-state index contributed by atoms with van der Waals surface area (Å²) in [6.07, 6.45) is -1.54. The van der Waals surface area contributed by atoms with E-state index in [0.717, 1.165) is 12.8 Å². The van der Waals surface area contributed by atoms with E-state index in [-0.39, 0.29) is 12.6 Å². The average molecular weight is 198 g/mol. The monoisotopic (exact) mass is 198 g/mol. The Morgan fingerprint density at radius 1 is 1.38 bits per heavy atom. The highest BCUT2D eigenvalue weighted by Gasteiger charge is 2.27. The fraction of sp³-hybridized carbons (Fsp3) is 1.00. The third-order valence-corrected chi connectivity index (χ3v) is 1.78. The first-order valence-electron chi connectivity index (χ1n) is 4.49. The van der Waals surface area contributed by atoms with Crippen LogP contribution >= 0.6 is 0 Å². The molecule has 0 aromatic carbocycles. The van der Waals surface area contributed by atoms with Gasteiger partial charge in [0.05, 0.1) is 6.54 Å². The van der Waals surface area contributed by atoms with Gasteiger partial charge in [0.2, 0.25) is 0 Å². The largest absolute Gasteiger partial charge is 0.401 e. The van der Waals surface area contributed by atoms with Crippen LogP contribution in [0.2, 0.25) is 0 Å². The van der Waals surface area contributed by atoms with Crippen LogP contribution in [0.1, 0.15) is 26.2 Å². The first kappa shape index (κ1) is 12.7. The molecule has 0 aliphatic carbocycles. The molecular formula is C8H17F3N2. The minimum absolute atomic E-state index is 0.207. The van der Waals surface area contributed by atoms with E-state index < -0.39 is 12.7 Å². The molecular weight excluding hydrogens is 181 g/mol. The maximum absolute atomic E-state index is 11.8. The van der Waals surface area contributed by atoms with Crippen LogP contribution < -0.4 is 11.1 Å². The maximum Gasteiger partial charge on any atom is 0.401 e. The number of alkyl halides is 3. The summed E-state index contributed by atoms with van der Waals surface area (Å²) in [5.41, 5.74) is 5.31. The van der Waals surface area contributed by atoms with Crippen LogP contribution in [0.15, 0.2) is 0 Å². The molecule has 5 heteroatoms. The SMILES string of the molecule is CCCCC(CN)NCC(F)(F)F. The van der Waals surface area contributed by atoms with E-state index in [9.17, 15) is 13.2 Å². The Bertz CT molecular complexity index is 125.